The van der Waals surface area contributed by atoms with Gasteiger partial charge in [-0.2, -0.15) is 4.99 Å². The minimum Gasteiger partial charge on any atom is -0.383 e. The second kappa shape index (κ2) is 6.89. The predicted molar refractivity (Wildman–Crippen MR) is 92.8 cm³/mol. The summed E-state index contributed by atoms with van der Waals surface area (Å²) in [6, 6.07) is 13.6. The minimum absolute atomic E-state index is 0.213. The van der Waals surface area contributed by atoms with Crippen LogP contribution in [-0.4, -0.2) is 24.2 Å². The van der Waals surface area contributed by atoms with Gasteiger partial charge in [0.1, 0.15) is 0 Å². The number of carbonyl (C=O) groups is 1. The summed E-state index contributed by atoms with van der Waals surface area (Å²) in [5, 5.41) is 1.98. The van der Waals surface area contributed by atoms with Gasteiger partial charge in [-0.3, -0.25) is 4.79 Å². The molecular formula is C18H18N2O2S. The van der Waals surface area contributed by atoms with E-state index in [9.17, 15) is 4.79 Å². The Hall–Kier alpha value is -2.24. The summed E-state index contributed by atoms with van der Waals surface area (Å²) >= 11 is 1.51. The van der Waals surface area contributed by atoms with Gasteiger partial charge in [0.05, 0.1) is 6.61 Å². The molecule has 118 valence electrons. The molecule has 5 heteroatoms. The molecule has 2 aromatic carbocycles. The van der Waals surface area contributed by atoms with E-state index in [-0.39, 0.29) is 5.91 Å². The van der Waals surface area contributed by atoms with Crippen LogP contribution in [0.5, 0.6) is 0 Å². The maximum atomic E-state index is 12.7. The number of ether oxygens (including phenoxy) is 1. The van der Waals surface area contributed by atoms with Crippen LogP contribution in [0.15, 0.2) is 53.7 Å². The second-order valence-electron chi connectivity index (χ2n) is 5.25. The second-order valence-corrected chi connectivity index (χ2v) is 6.47. The predicted octanol–water partition coefficient (Wildman–Crippen LogP) is 3.40. The van der Waals surface area contributed by atoms with E-state index < -0.39 is 0 Å². The lowest BCUT2D eigenvalue weighted by molar-refractivity contribution is 0.0999. The SMILES string of the molecule is COCCn1cc(C)sc1=NC(=O)c1cccc2ccccc12. The van der Waals surface area contributed by atoms with Gasteiger partial charge in [-0.15, -0.1) is 11.3 Å². The zero-order chi connectivity index (χ0) is 16.2. The van der Waals surface area contributed by atoms with Gasteiger partial charge in [0, 0.05) is 30.3 Å². The van der Waals surface area contributed by atoms with E-state index in [1.807, 2.05) is 60.2 Å². The number of hydrogen-bond donors (Lipinski definition) is 0. The van der Waals surface area contributed by atoms with Crippen LogP contribution in [0.1, 0.15) is 15.2 Å². The van der Waals surface area contributed by atoms with Gasteiger partial charge in [0.15, 0.2) is 4.80 Å². The van der Waals surface area contributed by atoms with Crippen LogP contribution in [0, 0.1) is 6.92 Å². The Morgan fingerprint density at radius 2 is 2.00 bits per heavy atom. The molecule has 0 fully saturated rings. The Kier molecular flexibility index (Phi) is 4.69. The van der Waals surface area contributed by atoms with Crippen molar-refractivity contribution >= 4 is 28.0 Å². The van der Waals surface area contributed by atoms with Crippen molar-refractivity contribution < 1.29 is 9.53 Å². The lowest BCUT2D eigenvalue weighted by Gasteiger charge is -2.03. The van der Waals surface area contributed by atoms with E-state index in [0.29, 0.717) is 23.5 Å². The number of amides is 1. The van der Waals surface area contributed by atoms with Gasteiger partial charge < -0.3 is 9.30 Å². The smallest absolute Gasteiger partial charge is 0.280 e. The van der Waals surface area contributed by atoms with Gasteiger partial charge in [-0.05, 0) is 23.8 Å². The Balaban J connectivity index is 2.03. The monoisotopic (exact) mass is 326 g/mol. The third-order valence-corrected chi connectivity index (χ3v) is 4.52. The molecular weight excluding hydrogens is 308 g/mol. The number of rotatable bonds is 4. The van der Waals surface area contributed by atoms with E-state index in [1.54, 1.807) is 7.11 Å². The third-order valence-electron chi connectivity index (χ3n) is 3.59. The standard InChI is InChI=1S/C18H18N2O2S/c1-13-12-20(10-11-22-2)18(23-13)19-17(21)16-9-5-7-14-6-3-4-8-15(14)16/h3-9,12H,10-11H2,1-2H3. The number of carbonyl (C=O) groups excluding carboxylic acids is 1. The third kappa shape index (κ3) is 3.41. The van der Waals surface area contributed by atoms with Gasteiger partial charge in [-0.25, -0.2) is 0 Å². The molecule has 4 nitrogen and oxygen atoms in total. The van der Waals surface area contributed by atoms with Gasteiger partial charge >= 0.3 is 0 Å². The first kappa shape index (κ1) is 15.6. The zero-order valence-electron chi connectivity index (χ0n) is 13.2. The zero-order valence-corrected chi connectivity index (χ0v) is 14.0. The molecule has 0 radical (unpaired) electrons. The largest absolute Gasteiger partial charge is 0.383 e. The first-order valence-electron chi connectivity index (χ1n) is 7.41. The summed E-state index contributed by atoms with van der Waals surface area (Å²) in [6.07, 6.45) is 2.00. The van der Waals surface area contributed by atoms with Crippen molar-refractivity contribution in [2.45, 2.75) is 13.5 Å². The van der Waals surface area contributed by atoms with E-state index >= 15 is 0 Å². The Labute approximate surface area is 138 Å². The number of benzene rings is 2. The highest BCUT2D eigenvalue weighted by Crippen LogP contribution is 2.19. The first-order valence-corrected chi connectivity index (χ1v) is 8.23. The number of aromatic nitrogens is 1. The van der Waals surface area contributed by atoms with Crippen molar-refractivity contribution in [1.82, 2.24) is 4.57 Å². The number of nitrogens with zero attached hydrogens (tertiary/aromatic N) is 2. The Bertz CT molecular complexity index is 903. The number of fused-ring (bicyclic) bond motifs is 1. The first-order chi connectivity index (χ1) is 11.2. The Morgan fingerprint density at radius 1 is 1.22 bits per heavy atom. The van der Waals surface area contributed by atoms with E-state index in [0.717, 1.165) is 15.6 Å². The molecule has 0 aliphatic rings. The molecule has 1 aromatic heterocycles. The molecule has 0 atom stereocenters. The highest BCUT2D eigenvalue weighted by Gasteiger charge is 2.09. The quantitative estimate of drug-likeness (QED) is 0.737. The van der Waals surface area contributed by atoms with Crippen LogP contribution < -0.4 is 4.80 Å². The van der Waals surface area contributed by atoms with E-state index in [4.69, 9.17) is 4.74 Å². The fourth-order valence-corrected chi connectivity index (χ4v) is 3.36. The van der Waals surface area contributed by atoms with Crippen molar-refractivity contribution in [1.29, 1.82) is 0 Å². The molecule has 1 heterocycles. The molecule has 0 saturated heterocycles. The number of hydrogen-bond acceptors (Lipinski definition) is 3. The van der Waals surface area contributed by atoms with E-state index in [2.05, 4.69) is 4.99 Å². The van der Waals surface area contributed by atoms with Gasteiger partial charge in [-0.1, -0.05) is 36.4 Å². The topological polar surface area (TPSA) is 43.6 Å². The van der Waals surface area contributed by atoms with Crippen LogP contribution in [0.4, 0.5) is 0 Å². The van der Waals surface area contributed by atoms with Crippen molar-refractivity contribution in [2.75, 3.05) is 13.7 Å². The van der Waals surface area contributed by atoms with Gasteiger partial charge in [0.2, 0.25) is 0 Å². The molecule has 0 aliphatic heterocycles. The lowest BCUT2D eigenvalue weighted by Crippen LogP contribution is -2.18. The molecule has 0 aliphatic carbocycles. The van der Waals surface area contributed by atoms with Crippen molar-refractivity contribution in [3.8, 4) is 0 Å². The highest BCUT2D eigenvalue weighted by molar-refractivity contribution is 7.09. The lowest BCUT2D eigenvalue weighted by atomic mass is 10.0. The summed E-state index contributed by atoms with van der Waals surface area (Å²) in [6.45, 7) is 3.28. The molecule has 1 amide bonds. The fraction of sp³-hybridized carbons (Fsp3) is 0.222. The summed E-state index contributed by atoms with van der Waals surface area (Å²) < 4.78 is 7.08. The van der Waals surface area contributed by atoms with Crippen LogP contribution in [-0.2, 0) is 11.3 Å². The molecule has 23 heavy (non-hydrogen) atoms. The number of methoxy groups -OCH3 is 1. The maximum Gasteiger partial charge on any atom is 0.280 e. The van der Waals surface area contributed by atoms with Crippen molar-refractivity contribution in [3.63, 3.8) is 0 Å². The molecule has 3 aromatic rings. The van der Waals surface area contributed by atoms with E-state index in [1.165, 1.54) is 11.3 Å². The Morgan fingerprint density at radius 3 is 2.83 bits per heavy atom. The van der Waals surface area contributed by atoms with Gasteiger partial charge in [0.25, 0.3) is 5.91 Å². The van der Waals surface area contributed by atoms with Crippen LogP contribution in [0.2, 0.25) is 0 Å². The van der Waals surface area contributed by atoms with Crippen LogP contribution in [0.25, 0.3) is 10.8 Å². The molecule has 3 rings (SSSR count). The number of thiazole rings is 1. The molecule has 0 unspecified atom stereocenters. The average Bonchev–Trinajstić information content (AvgIpc) is 2.91. The average molecular weight is 326 g/mol. The molecule has 0 spiro atoms. The van der Waals surface area contributed by atoms with Crippen molar-refractivity contribution in [2.24, 2.45) is 4.99 Å². The maximum absolute atomic E-state index is 12.7. The molecule has 0 N–H and O–H groups in total. The van der Waals surface area contributed by atoms with Crippen LogP contribution in [0.3, 0.4) is 0 Å². The van der Waals surface area contributed by atoms with Crippen molar-refractivity contribution in [3.05, 3.63) is 63.9 Å². The van der Waals surface area contributed by atoms with Crippen LogP contribution >= 0.6 is 11.3 Å². The molecule has 0 bridgehead atoms. The summed E-state index contributed by atoms with van der Waals surface area (Å²) in [4.78, 5) is 18.8. The summed E-state index contributed by atoms with van der Waals surface area (Å²) in [5.41, 5.74) is 0.632. The highest BCUT2D eigenvalue weighted by atomic mass is 32.1. The normalized spacial score (nSPS) is 12.0. The minimum atomic E-state index is -0.213. The molecule has 0 saturated carbocycles. The number of aryl methyl sites for hydroxylation is 1. The summed E-state index contributed by atoms with van der Waals surface area (Å²) in [7, 11) is 1.66. The summed E-state index contributed by atoms with van der Waals surface area (Å²) in [5.74, 6) is -0.213. The fourth-order valence-electron chi connectivity index (χ4n) is 2.50.